The van der Waals surface area contributed by atoms with Crippen molar-refractivity contribution in [1.29, 1.82) is 0 Å². The van der Waals surface area contributed by atoms with E-state index in [0.717, 1.165) is 32.8 Å². The van der Waals surface area contributed by atoms with Crippen LogP contribution in [-0.2, 0) is 27.2 Å². The van der Waals surface area contributed by atoms with Crippen LogP contribution in [0.2, 0.25) is 0 Å². The summed E-state index contributed by atoms with van der Waals surface area (Å²) in [7, 11) is 2.94. The van der Waals surface area contributed by atoms with Gasteiger partial charge in [-0.2, -0.15) is 0 Å². The standard InChI is InChI=1S/C24H23N3O4S/c1-30-18-9-7-15(8-10-18)23-26-17(14-32-23)12-22(28)27-21(24(29)31-2)11-16-13-25-20-6-4-3-5-19(16)20/h3-10,13-14,21,25H,11-12H2,1-2H3,(H,27,28)/t21-/m1/s1. The predicted molar refractivity (Wildman–Crippen MR) is 124 cm³/mol. The van der Waals surface area contributed by atoms with Gasteiger partial charge in [0.2, 0.25) is 5.91 Å². The van der Waals surface area contributed by atoms with E-state index in [0.29, 0.717) is 12.1 Å². The van der Waals surface area contributed by atoms with Crippen molar-refractivity contribution >= 4 is 34.1 Å². The van der Waals surface area contributed by atoms with Crippen LogP contribution < -0.4 is 10.1 Å². The monoisotopic (exact) mass is 449 g/mol. The van der Waals surface area contributed by atoms with E-state index in [1.165, 1.54) is 18.4 Å². The number of carbonyl (C=O) groups is 2. The summed E-state index contributed by atoms with van der Waals surface area (Å²) < 4.78 is 10.1. The Hall–Kier alpha value is -3.65. The van der Waals surface area contributed by atoms with Crippen LogP contribution in [0.1, 0.15) is 11.3 Å². The maximum Gasteiger partial charge on any atom is 0.328 e. The van der Waals surface area contributed by atoms with Crippen molar-refractivity contribution in [2.75, 3.05) is 14.2 Å². The summed E-state index contributed by atoms with van der Waals surface area (Å²) in [5.41, 5.74) is 3.51. The van der Waals surface area contributed by atoms with E-state index in [4.69, 9.17) is 9.47 Å². The number of nitrogens with zero attached hydrogens (tertiary/aromatic N) is 1. The molecule has 0 unspecified atom stereocenters. The Balaban J connectivity index is 1.43. The molecule has 0 bridgehead atoms. The Morgan fingerprint density at radius 3 is 2.66 bits per heavy atom. The SMILES string of the molecule is COC(=O)[C@@H](Cc1c[nH]c2ccccc12)NC(=O)Cc1csc(-c2ccc(OC)cc2)n1. The molecule has 0 fully saturated rings. The van der Waals surface area contributed by atoms with Crippen LogP contribution in [-0.4, -0.2) is 42.1 Å². The van der Waals surface area contributed by atoms with Crippen molar-refractivity contribution in [3.05, 3.63) is 71.4 Å². The second kappa shape index (κ2) is 9.65. The van der Waals surface area contributed by atoms with Gasteiger partial charge in [-0.25, -0.2) is 9.78 Å². The molecule has 0 saturated carbocycles. The molecule has 0 saturated heterocycles. The fraction of sp³-hybridized carbons (Fsp3) is 0.208. The van der Waals surface area contributed by atoms with Gasteiger partial charge >= 0.3 is 5.97 Å². The molecule has 0 aliphatic rings. The number of nitrogens with one attached hydrogen (secondary N) is 2. The normalized spacial score (nSPS) is 11.8. The number of esters is 1. The smallest absolute Gasteiger partial charge is 0.328 e. The summed E-state index contributed by atoms with van der Waals surface area (Å²) in [6.45, 7) is 0. The van der Waals surface area contributed by atoms with Gasteiger partial charge in [0.25, 0.3) is 0 Å². The molecular weight excluding hydrogens is 426 g/mol. The highest BCUT2D eigenvalue weighted by Crippen LogP contribution is 2.26. The fourth-order valence-corrected chi connectivity index (χ4v) is 4.35. The lowest BCUT2D eigenvalue weighted by Crippen LogP contribution is -2.43. The average Bonchev–Trinajstić information content (AvgIpc) is 3.45. The molecule has 0 aliphatic carbocycles. The lowest BCUT2D eigenvalue weighted by molar-refractivity contribution is -0.145. The Kier molecular flexibility index (Phi) is 6.51. The van der Waals surface area contributed by atoms with E-state index in [9.17, 15) is 9.59 Å². The Morgan fingerprint density at radius 1 is 1.12 bits per heavy atom. The summed E-state index contributed by atoms with van der Waals surface area (Å²) in [5.74, 6) is 0.00149. The number of hydrogen-bond donors (Lipinski definition) is 2. The van der Waals surface area contributed by atoms with E-state index in [2.05, 4.69) is 15.3 Å². The molecular formula is C24H23N3O4S. The third-order valence-electron chi connectivity index (χ3n) is 5.15. The first kappa shape index (κ1) is 21.6. The Morgan fingerprint density at radius 2 is 1.91 bits per heavy atom. The largest absolute Gasteiger partial charge is 0.497 e. The minimum atomic E-state index is -0.786. The number of carbonyl (C=O) groups excluding carboxylic acids is 2. The van der Waals surface area contributed by atoms with Crippen molar-refractivity contribution in [3.8, 4) is 16.3 Å². The number of aromatic amines is 1. The molecule has 0 aliphatic heterocycles. The third kappa shape index (κ3) is 4.81. The Bertz CT molecular complexity index is 1230. The maximum absolute atomic E-state index is 12.7. The number of fused-ring (bicyclic) bond motifs is 1. The molecule has 0 spiro atoms. The van der Waals surface area contributed by atoms with Crippen LogP contribution in [0.3, 0.4) is 0 Å². The highest BCUT2D eigenvalue weighted by Gasteiger charge is 2.23. The number of aromatic nitrogens is 2. The Labute approximate surface area is 189 Å². The van der Waals surface area contributed by atoms with Crippen LogP contribution in [0.15, 0.2) is 60.1 Å². The molecule has 4 aromatic rings. The summed E-state index contributed by atoms with van der Waals surface area (Å²) in [6, 6.07) is 14.6. The van der Waals surface area contributed by atoms with Gasteiger partial charge < -0.3 is 19.8 Å². The fourth-order valence-electron chi connectivity index (χ4n) is 3.52. The van der Waals surface area contributed by atoms with Crippen LogP contribution >= 0.6 is 11.3 Å². The lowest BCUT2D eigenvalue weighted by Gasteiger charge is -2.16. The number of thiazole rings is 1. The number of benzene rings is 2. The predicted octanol–water partition coefficient (Wildman–Crippen LogP) is 3.74. The van der Waals surface area contributed by atoms with Crippen molar-refractivity contribution in [3.63, 3.8) is 0 Å². The first-order chi connectivity index (χ1) is 15.6. The van der Waals surface area contributed by atoms with Crippen molar-refractivity contribution in [2.24, 2.45) is 0 Å². The molecule has 0 radical (unpaired) electrons. The van der Waals surface area contributed by atoms with Crippen LogP contribution in [0, 0.1) is 0 Å². The highest BCUT2D eigenvalue weighted by molar-refractivity contribution is 7.13. The second-order valence-electron chi connectivity index (χ2n) is 7.26. The highest BCUT2D eigenvalue weighted by atomic mass is 32.1. The second-order valence-corrected chi connectivity index (χ2v) is 8.11. The zero-order valence-electron chi connectivity index (χ0n) is 17.8. The van der Waals surface area contributed by atoms with Gasteiger partial charge in [0.05, 0.1) is 26.3 Å². The molecule has 4 rings (SSSR count). The topological polar surface area (TPSA) is 93.3 Å². The van der Waals surface area contributed by atoms with E-state index in [1.54, 1.807) is 7.11 Å². The van der Waals surface area contributed by atoms with E-state index < -0.39 is 12.0 Å². The molecule has 2 heterocycles. The van der Waals surface area contributed by atoms with Gasteiger partial charge in [-0.05, 0) is 35.9 Å². The van der Waals surface area contributed by atoms with Gasteiger partial charge in [-0.1, -0.05) is 18.2 Å². The number of rotatable bonds is 8. The zero-order valence-corrected chi connectivity index (χ0v) is 18.6. The van der Waals surface area contributed by atoms with Gasteiger partial charge in [0.15, 0.2) is 0 Å². The molecule has 1 amide bonds. The van der Waals surface area contributed by atoms with Gasteiger partial charge in [0, 0.05) is 34.5 Å². The molecule has 2 aromatic heterocycles. The molecule has 7 nitrogen and oxygen atoms in total. The summed E-state index contributed by atoms with van der Waals surface area (Å²) >= 11 is 1.47. The maximum atomic E-state index is 12.7. The van der Waals surface area contributed by atoms with Crippen molar-refractivity contribution < 1.29 is 19.1 Å². The van der Waals surface area contributed by atoms with Crippen molar-refractivity contribution in [1.82, 2.24) is 15.3 Å². The van der Waals surface area contributed by atoms with Crippen LogP contribution in [0.4, 0.5) is 0 Å². The van der Waals surface area contributed by atoms with Crippen molar-refractivity contribution in [2.45, 2.75) is 18.9 Å². The molecule has 164 valence electrons. The first-order valence-electron chi connectivity index (χ1n) is 10.1. The van der Waals surface area contributed by atoms with E-state index in [1.807, 2.05) is 60.1 Å². The number of hydrogen-bond acceptors (Lipinski definition) is 6. The first-order valence-corrected chi connectivity index (χ1v) is 11.0. The summed E-state index contributed by atoms with van der Waals surface area (Å²) in [4.78, 5) is 32.8. The van der Waals surface area contributed by atoms with E-state index >= 15 is 0 Å². The summed E-state index contributed by atoms with van der Waals surface area (Å²) in [6.07, 6.45) is 2.26. The number of amides is 1. The molecule has 8 heteroatoms. The third-order valence-corrected chi connectivity index (χ3v) is 6.09. The van der Waals surface area contributed by atoms with Gasteiger partial charge in [-0.3, -0.25) is 4.79 Å². The van der Waals surface area contributed by atoms with Crippen LogP contribution in [0.25, 0.3) is 21.5 Å². The number of methoxy groups -OCH3 is 2. The zero-order chi connectivity index (χ0) is 22.5. The molecule has 32 heavy (non-hydrogen) atoms. The van der Waals surface area contributed by atoms with Gasteiger partial charge in [-0.15, -0.1) is 11.3 Å². The number of ether oxygens (including phenoxy) is 2. The summed E-state index contributed by atoms with van der Waals surface area (Å²) in [5, 5.41) is 6.49. The number of para-hydroxylation sites is 1. The van der Waals surface area contributed by atoms with E-state index in [-0.39, 0.29) is 12.3 Å². The minimum absolute atomic E-state index is 0.0774. The lowest BCUT2D eigenvalue weighted by atomic mass is 10.0. The molecule has 2 N–H and O–H groups in total. The quantitative estimate of drug-likeness (QED) is 0.400. The average molecular weight is 450 g/mol. The minimum Gasteiger partial charge on any atom is -0.497 e. The number of H-pyrrole nitrogens is 1. The molecule has 1 atom stereocenters. The molecule has 2 aromatic carbocycles. The van der Waals surface area contributed by atoms with Gasteiger partial charge in [0.1, 0.15) is 16.8 Å². The van der Waals surface area contributed by atoms with Crippen LogP contribution in [0.5, 0.6) is 5.75 Å².